The fourth-order valence-corrected chi connectivity index (χ4v) is 3.21. The highest BCUT2D eigenvalue weighted by Gasteiger charge is 2.42. The Balaban J connectivity index is 1.87. The van der Waals surface area contributed by atoms with Crippen LogP contribution in [0.15, 0.2) is 5.38 Å². The minimum absolute atomic E-state index is 0.161. The summed E-state index contributed by atoms with van der Waals surface area (Å²) in [5.74, 6) is 0. The SMILES string of the molecule is CCOC1CC(NC(C)c2nc(C)cs2)C1OC. The molecule has 1 aliphatic rings. The van der Waals surface area contributed by atoms with Gasteiger partial charge < -0.3 is 14.8 Å². The third kappa shape index (κ3) is 2.91. The van der Waals surface area contributed by atoms with Crippen molar-refractivity contribution in [2.75, 3.05) is 13.7 Å². The molecule has 0 spiro atoms. The largest absolute Gasteiger partial charge is 0.377 e. The average molecular weight is 270 g/mol. The Kier molecular flexibility index (Phi) is 4.72. The Morgan fingerprint density at radius 3 is 2.94 bits per heavy atom. The van der Waals surface area contributed by atoms with Crippen molar-refractivity contribution >= 4 is 11.3 Å². The normalized spacial score (nSPS) is 29.0. The van der Waals surface area contributed by atoms with Gasteiger partial charge in [0.2, 0.25) is 0 Å². The van der Waals surface area contributed by atoms with Gasteiger partial charge in [-0.2, -0.15) is 0 Å². The Morgan fingerprint density at radius 1 is 1.61 bits per heavy atom. The fourth-order valence-electron chi connectivity index (χ4n) is 2.40. The van der Waals surface area contributed by atoms with E-state index in [9.17, 15) is 0 Å². The molecule has 1 heterocycles. The highest BCUT2D eigenvalue weighted by molar-refractivity contribution is 7.09. The van der Waals surface area contributed by atoms with Crippen molar-refractivity contribution in [3.63, 3.8) is 0 Å². The van der Waals surface area contributed by atoms with E-state index in [4.69, 9.17) is 9.47 Å². The van der Waals surface area contributed by atoms with Crippen LogP contribution in [0.1, 0.15) is 37.0 Å². The van der Waals surface area contributed by atoms with Crippen molar-refractivity contribution in [3.05, 3.63) is 16.1 Å². The summed E-state index contributed by atoms with van der Waals surface area (Å²) in [6.45, 7) is 6.95. The Labute approximate surface area is 113 Å². The summed E-state index contributed by atoms with van der Waals surface area (Å²) >= 11 is 1.71. The second kappa shape index (κ2) is 6.10. The van der Waals surface area contributed by atoms with E-state index in [0.29, 0.717) is 6.04 Å². The first-order valence-electron chi connectivity index (χ1n) is 6.48. The third-order valence-corrected chi connectivity index (χ3v) is 4.52. The van der Waals surface area contributed by atoms with Crippen molar-refractivity contribution in [2.45, 2.75) is 51.5 Å². The maximum Gasteiger partial charge on any atom is 0.110 e. The lowest BCUT2D eigenvalue weighted by Gasteiger charge is -2.44. The first-order chi connectivity index (χ1) is 8.65. The number of nitrogens with zero attached hydrogens (tertiary/aromatic N) is 1. The zero-order valence-electron chi connectivity index (χ0n) is 11.5. The summed E-state index contributed by atoms with van der Waals surface area (Å²) in [6, 6.07) is 0.639. The van der Waals surface area contributed by atoms with E-state index in [2.05, 4.69) is 22.6 Å². The molecule has 1 aromatic heterocycles. The molecule has 0 aliphatic heterocycles. The maximum atomic E-state index is 5.62. The number of aromatic nitrogens is 1. The molecule has 1 aromatic rings. The van der Waals surface area contributed by atoms with Gasteiger partial charge in [-0.05, 0) is 27.2 Å². The van der Waals surface area contributed by atoms with Gasteiger partial charge in [-0.1, -0.05) is 0 Å². The first kappa shape index (κ1) is 13.9. The summed E-state index contributed by atoms with van der Waals surface area (Å²) in [4.78, 5) is 4.51. The smallest absolute Gasteiger partial charge is 0.110 e. The molecular formula is C13H22N2O2S. The third-order valence-electron chi connectivity index (χ3n) is 3.37. The van der Waals surface area contributed by atoms with Gasteiger partial charge in [0.05, 0.1) is 18.2 Å². The molecule has 4 atom stereocenters. The summed E-state index contributed by atoms with van der Waals surface area (Å²) in [5, 5.41) is 6.81. The van der Waals surface area contributed by atoms with Gasteiger partial charge in [-0.25, -0.2) is 4.98 Å². The number of nitrogens with one attached hydrogen (secondary N) is 1. The van der Waals surface area contributed by atoms with E-state index in [1.165, 1.54) is 0 Å². The van der Waals surface area contributed by atoms with Gasteiger partial charge in [0.25, 0.3) is 0 Å². The van der Waals surface area contributed by atoms with E-state index in [0.717, 1.165) is 23.7 Å². The minimum Gasteiger partial charge on any atom is -0.377 e. The van der Waals surface area contributed by atoms with Crippen LogP contribution >= 0.6 is 11.3 Å². The molecule has 1 fully saturated rings. The van der Waals surface area contributed by atoms with Crippen molar-refractivity contribution in [2.24, 2.45) is 0 Å². The van der Waals surface area contributed by atoms with Crippen molar-refractivity contribution in [3.8, 4) is 0 Å². The van der Waals surface area contributed by atoms with Crippen LogP contribution in [0.3, 0.4) is 0 Å². The summed E-state index contributed by atoms with van der Waals surface area (Å²) in [6.07, 6.45) is 1.41. The molecule has 0 bridgehead atoms. The van der Waals surface area contributed by atoms with Crippen molar-refractivity contribution < 1.29 is 9.47 Å². The van der Waals surface area contributed by atoms with Gasteiger partial charge in [-0.3, -0.25) is 0 Å². The zero-order valence-corrected chi connectivity index (χ0v) is 12.3. The minimum atomic E-state index is 0.161. The molecule has 0 radical (unpaired) electrons. The second-order valence-corrected chi connectivity index (χ2v) is 5.64. The number of methoxy groups -OCH3 is 1. The molecular weight excluding hydrogens is 248 g/mol. The van der Waals surface area contributed by atoms with Crippen LogP contribution in [0.4, 0.5) is 0 Å². The van der Waals surface area contributed by atoms with Crippen LogP contribution in [-0.4, -0.2) is 37.0 Å². The Morgan fingerprint density at radius 2 is 2.39 bits per heavy atom. The zero-order chi connectivity index (χ0) is 13.1. The monoisotopic (exact) mass is 270 g/mol. The van der Waals surface area contributed by atoms with E-state index in [1.807, 2.05) is 13.8 Å². The lowest BCUT2D eigenvalue weighted by Crippen LogP contribution is -2.60. The molecule has 0 amide bonds. The van der Waals surface area contributed by atoms with E-state index < -0.39 is 0 Å². The Hall–Kier alpha value is -0.490. The predicted octanol–water partition coefficient (Wildman–Crippen LogP) is 2.29. The number of thiazole rings is 1. The summed E-state index contributed by atoms with van der Waals surface area (Å²) < 4.78 is 11.1. The molecule has 2 rings (SSSR count). The Bertz CT molecular complexity index is 383. The molecule has 1 saturated carbocycles. The highest BCUT2D eigenvalue weighted by atomic mass is 32.1. The average Bonchev–Trinajstić information content (AvgIpc) is 2.74. The number of ether oxygens (including phenoxy) is 2. The summed E-state index contributed by atoms with van der Waals surface area (Å²) in [7, 11) is 1.75. The van der Waals surface area contributed by atoms with Gasteiger partial charge >= 0.3 is 0 Å². The van der Waals surface area contributed by atoms with Crippen LogP contribution < -0.4 is 5.32 Å². The van der Waals surface area contributed by atoms with Gasteiger partial charge in [-0.15, -0.1) is 11.3 Å². The predicted molar refractivity (Wildman–Crippen MR) is 73.0 cm³/mol. The quantitative estimate of drug-likeness (QED) is 0.861. The van der Waals surface area contributed by atoms with Crippen LogP contribution in [0.2, 0.25) is 0 Å². The lowest BCUT2D eigenvalue weighted by atomic mass is 9.84. The summed E-state index contributed by atoms with van der Waals surface area (Å²) in [5.41, 5.74) is 1.09. The number of hydrogen-bond donors (Lipinski definition) is 1. The number of hydrogen-bond acceptors (Lipinski definition) is 5. The van der Waals surface area contributed by atoms with Crippen LogP contribution in [0, 0.1) is 6.92 Å². The molecule has 5 heteroatoms. The molecule has 1 aliphatic carbocycles. The molecule has 1 N–H and O–H groups in total. The molecule has 18 heavy (non-hydrogen) atoms. The van der Waals surface area contributed by atoms with Crippen LogP contribution in [-0.2, 0) is 9.47 Å². The van der Waals surface area contributed by atoms with Gasteiger partial charge in [0.1, 0.15) is 5.01 Å². The van der Waals surface area contributed by atoms with E-state index in [1.54, 1.807) is 18.4 Å². The molecule has 4 nitrogen and oxygen atoms in total. The van der Waals surface area contributed by atoms with Crippen LogP contribution in [0.5, 0.6) is 0 Å². The maximum absolute atomic E-state index is 5.62. The molecule has 102 valence electrons. The number of rotatable bonds is 6. The topological polar surface area (TPSA) is 43.4 Å². The van der Waals surface area contributed by atoms with E-state index in [-0.39, 0.29) is 18.2 Å². The van der Waals surface area contributed by atoms with E-state index >= 15 is 0 Å². The number of aryl methyl sites for hydroxylation is 1. The highest BCUT2D eigenvalue weighted by Crippen LogP contribution is 2.29. The fraction of sp³-hybridized carbons (Fsp3) is 0.769. The lowest BCUT2D eigenvalue weighted by molar-refractivity contribution is -0.133. The van der Waals surface area contributed by atoms with Crippen molar-refractivity contribution in [1.82, 2.24) is 10.3 Å². The van der Waals surface area contributed by atoms with Gasteiger partial charge in [0, 0.05) is 30.8 Å². The van der Waals surface area contributed by atoms with Gasteiger partial charge in [0.15, 0.2) is 0 Å². The first-order valence-corrected chi connectivity index (χ1v) is 7.36. The molecule has 0 saturated heterocycles. The molecule has 0 aromatic carbocycles. The molecule has 4 unspecified atom stereocenters. The second-order valence-electron chi connectivity index (χ2n) is 4.75. The van der Waals surface area contributed by atoms with Crippen molar-refractivity contribution in [1.29, 1.82) is 0 Å². The van der Waals surface area contributed by atoms with Crippen LogP contribution in [0.25, 0.3) is 0 Å². The standard InChI is InChI=1S/C13H22N2O2S/c1-5-17-11-6-10(12(11)16-4)15-9(3)13-14-8(2)7-18-13/h7,9-12,15H,5-6H2,1-4H3.